The first kappa shape index (κ1) is 21.6. The number of benzene rings is 1. The second-order valence-electron chi connectivity index (χ2n) is 6.73. The number of imide groups is 1. The maximum atomic E-state index is 12.9. The minimum absolute atomic E-state index is 0.0547. The summed E-state index contributed by atoms with van der Waals surface area (Å²) in [7, 11) is 0. The molecule has 1 N–H and O–H groups in total. The number of nitrogens with one attached hydrogen (secondary N) is 1. The van der Waals surface area contributed by atoms with Crippen molar-refractivity contribution in [2.75, 3.05) is 19.6 Å². The molecule has 2 rings (SSSR count). The van der Waals surface area contributed by atoms with Crippen LogP contribution in [0.3, 0.4) is 0 Å². The van der Waals surface area contributed by atoms with Gasteiger partial charge in [0.25, 0.3) is 5.91 Å². The molecule has 0 radical (unpaired) electrons. The normalized spacial score (nSPS) is 19.1. The molecule has 1 fully saturated rings. The molecule has 7 nitrogen and oxygen atoms in total. The lowest BCUT2D eigenvalue weighted by atomic mass is 9.92. The molecule has 1 aliphatic rings. The summed E-state index contributed by atoms with van der Waals surface area (Å²) in [5.74, 6) is -0.917. The average Bonchev–Trinajstić information content (AvgIpc) is 2.85. The Morgan fingerprint density at radius 3 is 2.25 bits per heavy atom. The predicted octanol–water partition coefficient (Wildman–Crippen LogP) is 2.70. The number of amides is 4. The van der Waals surface area contributed by atoms with Crippen LogP contribution in [0.25, 0.3) is 0 Å². The average molecular weight is 397 g/mol. The molecule has 1 atom stereocenters. The summed E-state index contributed by atoms with van der Waals surface area (Å²) < 4.78 is 28.9. The third kappa shape index (κ3) is 4.58. The maximum Gasteiger partial charge on any atom is 0.387 e. The lowest BCUT2D eigenvalue weighted by molar-refractivity contribution is -0.139. The minimum atomic E-state index is -2.95. The van der Waals surface area contributed by atoms with Crippen LogP contribution in [0.5, 0.6) is 5.75 Å². The number of carbonyl (C=O) groups is 3. The van der Waals surface area contributed by atoms with E-state index in [1.165, 1.54) is 31.2 Å². The molecule has 0 unspecified atom stereocenters. The first-order valence-electron chi connectivity index (χ1n) is 9.20. The number of alkyl halides is 2. The van der Waals surface area contributed by atoms with Crippen LogP contribution in [0.15, 0.2) is 24.3 Å². The van der Waals surface area contributed by atoms with E-state index >= 15 is 0 Å². The van der Waals surface area contributed by atoms with E-state index in [1.54, 1.807) is 4.90 Å². The molecule has 28 heavy (non-hydrogen) atoms. The van der Waals surface area contributed by atoms with Gasteiger partial charge < -0.3 is 15.0 Å². The SMILES string of the molecule is CCCN(CCC)C(=O)CN1C(=O)N[C@](C)(c2ccc(OC(F)F)cc2)C1=O. The summed E-state index contributed by atoms with van der Waals surface area (Å²) >= 11 is 0. The second kappa shape index (κ2) is 8.99. The van der Waals surface area contributed by atoms with Crippen LogP contribution in [0, 0.1) is 0 Å². The zero-order chi connectivity index (χ0) is 20.9. The van der Waals surface area contributed by atoms with Gasteiger partial charge in [-0.3, -0.25) is 14.5 Å². The van der Waals surface area contributed by atoms with Crippen molar-refractivity contribution in [3.63, 3.8) is 0 Å². The van der Waals surface area contributed by atoms with Crippen LogP contribution < -0.4 is 10.1 Å². The van der Waals surface area contributed by atoms with Crippen molar-refractivity contribution in [2.45, 2.75) is 45.8 Å². The molecular weight excluding hydrogens is 372 g/mol. The molecule has 0 aliphatic carbocycles. The molecule has 1 heterocycles. The smallest absolute Gasteiger partial charge is 0.387 e. The van der Waals surface area contributed by atoms with Crippen molar-refractivity contribution in [3.8, 4) is 5.75 Å². The van der Waals surface area contributed by atoms with E-state index in [0.29, 0.717) is 18.7 Å². The third-order valence-electron chi connectivity index (χ3n) is 4.56. The molecule has 1 saturated heterocycles. The van der Waals surface area contributed by atoms with Crippen LogP contribution >= 0.6 is 0 Å². The van der Waals surface area contributed by atoms with Crippen LogP contribution in [0.2, 0.25) is 0 Å². The highest BCUT2D eigenvalue weighted by atomic mass is 19.3. The first-order chi connectivity index (χ1) is 13.2. The molecular formula is C19H25F2N3O4. The van der Waals surface area contributed by atoms with E-state index < -0.39 is 24.1 Å². The molecule has 1 aromatic carbocycles. The molecule has 9 heteroatoms. The lowest BCUT2D eigenvalue weighted by Crippen LogP contribution is -2.45. The Kier molecular flexibility index (Phi) is 6.93. The van der Waals surface area contributed by atoms with E-state index in [0.717, 1.165) is 17.7 Å². The van der Waals surface area contributed by atoms with Crippen molar-refractivity contribution < 1.29 is 27.9 Å². The fourth-order valence-corrected chi connectivity index (χ4v) is 3.14. The number of carbonyl (C=O) groups excluding carboxylic acids is 3. The van der Waals surface area contributed by atoms with Crippen molar-refractivity contribution in [2.24, 2.45) is 0 Å². The lowest BCUT2D eigenvalue weighted by Gasteiger charge is -2.25. The molecule has 154 valence electrons. The summed E-state index contributed by atoms with van der Waals surface area (Å²) in [6.07, 6.45) is 1.55. The fraction of sp³-hybridized carbons (Fsp3) is 0.526. The van der Waals surface area contributed by atoms with Crippen LogP contribution in [-0.4, -0.2) is 53.9 Å². The summed E-state index contributed by atoms with van der Waals surface area (Å²) in [6, 6.07) is 4.79. The van der Waals surface area contributed by atoms with Gasteiger partial charge in [0.1, 0.15) is 17.8 Å². The number of hydrogen-bond donors (Lipinski definition) is 1. The van der Waals surface area contributed by atoms with E-state index in [2.05, 4.69) is 10.1 Å². The molecule has 0 saturated carbocycles. The largest absolute Gasteiger partial charge is 0.435 e. The Morgan fingerprint density at radius 1 is 1.18 bits per heavy atom. The van der Waals surface area contributed by atoms with Gasteiger partial charge in [-0.1, -0.05) is 26.0 Å². The molecule has 1 aliphatic heterocycles. The zero-order valence-corrected chi connectivity index (χ0v) is 16.2. The Morgan fingerprint density at radius 2 is 1.75 bits per heavy atom. The predicted molar refractivity (Wildman–Crippen MR) is 97.8 cm³/mol. The Bertz CT molecular complexity index is 720. The van der Waals surface area contributed by atoms with Gasteiger partial charge in [-0.15, -0.1) is 0 Å². The van der Waals surface area contributed by atoms with Crippen molar-refractivity contribution in [1.82, 2.24) is 15.1 Å². The highest BCUT2D eigenvalue weighted by Gasteiger charge is 2.49. The monoisotopic (exact) mass is 397 g/mol. The minimum Gasteiger partial charge on any atom is -0.435 e. The Balaban J connectivity index is 2.16. The Hall–Kier alpha value is -2.71. The zero-order valence-electron chi connectivity index (χ0n) is 16.2. The first-order valence-corrected chi connectivity index (χ1v) is 9.20. The maximum absolute atomic E-state index is 12.9. The standard InChI is InChI=1S/C19H25F2N3O4/c1-4-10-23(11-5-2)15(25)12-24-16(26)19(3,22-18(24)27)13-6-8-14(9-7-13)28-17(20)21/h6-9,17H,4-5,10-12H2,1-3H3,(H,22,27)/t19-/m1/s1. The fourth-order valence-electron chi connectivity index (χ4n) is 3.14. The number of ether oxygens (including phenoxy) is 1. The van der Waals surface area contributed by atoms with E-state index in [9.17, 15) is 23.2 Å². The van der Waals surface area contributed by atoms with Crippen LogP contribution in [0.1, 0.15) is 39.2 Å². The summed E-state index contributed by atoms with van der Waals surface area (Å²) in [6.45, 7) is 3.22. The van der Waals surface area contributed by atoms with Crippen LogP contribution in [-0.2, 0) is 15.1 Å². The molecule has 0 spiro atoms. The summed E-state index contributed by atoms with van der Waals surface area (Å²) in [4.78, 5) is 40.3. The van der Waals surface area contributed by atoms with Gasteiger partial charge in [0.15, 0.2) is 0 Å². The molecule has 1 aromatic rings. The van der Waals surface area contributed by atoms with Gasteiger partial charge in [0.05, 0.1) is 0 Å². The number of urea groups is 1. The highest BCUT2D eigenvalue weighted by Crippen LogP contribution is 2.30. The van der Waals surface area contributed by atoms with E-state index in [1.807, 2.05) is 13.8 Å². The van der Waals surface area contributed by atoms with Crippen molar-refractivity contribution in [3.05, 3.63) is 29.8 Å². The van der Waals surface area contributed by atoms with Gasteiger partial charge in [0, 0.05) is 13.1 Å². The Labute approximate surface area is 162 Å². The van der Waals surface area contributed by atoms with Gasteiger partial charge in [-0.2, -0.15) is 8.78 Å². The van der Waals surface area contributed by atoms with Gasteiger partial charge >= 0.3 is 12.6 Å². The second-order valence-corrected chi connectivity index (χ2v) is 6.73. The van der Waals surface area contributed by atoms with E-state index in [4.69, 9.17) is 0 Å². The number of halogens is 2. The summed E-state index contributed by atoms with van der Waals surface area (Å²) in [5.41, 5.74) is -0.984. The number of hydrogen-bond acceptors (Lipinski definition) is 4. The topological polar surface area (TPSA) is 79.0 Å². The van der Waals surface area contributed by atoms with Crippen molar-refractivity contribution in [1.29, 1.82) is 0 Å². The quantitative estimate of drug-likeness (QED) is 0.650. The van der Waals surface area contributed by atoms with Gasteiger partial charge in [0.2, 0.25) is 5.91 Å². The molecule has 0 bridgehead atoms. The van der Waals surface area contributed by atoms with Crippen molar-refractivity contribution >= 4 is 17.8 Å². The molecule has 0 aromatic heterocycles. The van der Waals surface area contributed by atoms with Crippen LogP contribution in [0.4, 0.5) is 13.6 Å². The van der Waals surface area contributed by atoms with E-state index in [-0.39, 0.29) is 18.2 Å². The molecule has 4 amide bonds. The van der Waals surface area contributed by atoms with Gasteiger partial charge in [-0.05, 0) is 37.5 Å². The summed E-state index contributed by atoms with van der Waals surface area (Å²) in [5, 5.41) is 2.59. The van der Waals surface area contributed by atoms with Gasteiger partial charge in [-0.25, -0.2) is 4.79 Å². The third-order valence-corrected chi connectivity index (χ3v) is 4.56. The number of rotatable bonds is 9. The number of nitrogens with zero attached hydrogens (tertiary/aromatic N) is 2. The highest BCUT2D eigenvalue weighted by molar-refractivity contribution is 6.09.